The number of nitrogens with two attached hydrogens (primary N) is 1. The predicted octanol–water partition coefficient (Wildman–Crippen LogP) is 3.16. The first-order valence-electron chi connectivity index (χ1n) is 6.73. The summed E-state index contributed by atoms with van der Waals surface area (Å²) in [4.78, 5) is 2.53. The molecule has 96 valence electrons. The summed E-state index contributed by atoms with van der Waals surface area (Å²) in [6.07, 6.45) is 2.51. The number of hydrogen-bond acceptors (Lipinski definition) is 2. The molecule has 2 N–H and O–H groups in total. The fourth-order valence-corrected chi connectivity index (χ4v) is 2.31. The van der Waals surface area contributed by atoms with E-state index in [0.717, 1.165) is 13.1 Å². The van der Waals surface area contributed by atoms with Gasteiger partial charge in [-0.25, -0.2) is 0 Å². The lowest BCUT2D eigenvalue weighted by atomic mass is 10.1. The largest absolute Gasteiger partial charge is 0.326 e. The van der Waals surface area contributed by atoms with Crippen molar-refractivity contribution >= 4 is 0 Å². The summed E-state index contributed by atoms with van der Waals surface area (Å²) < 4.78 is 0. The van der Waals surface area contributed by atoms with Crippen molar-refractivity contribution in [2.75, 3.05) is 6.54 Å². The van der Waals surface area contributed by atoms with Crippen LogP contribution in [0.3, 0.4) is 0 Å². The molecule has 0 radical (unpaired) electrons. The van der Waals surface area contributed by atoms with Crippen LogP contribution in [0, 0.1) is 0 Å². The van der Waals surface area contributed by atoms with Crippen LogP contribution in [-0.2, 0) is 13.1 Å². The third-order valence-electron chi connectivity index (χ3n) is 3.45. The first-order chi connectivity index (χ1) is 8.22. The van der Waals surface area contributed by atoms with Crippen molar-refractivity contribution < 1.29 is 0 Å². The summed E-state index contributed by atoms with van der Waals surface area (Å²) in [5.41, 5.74) is 8.43. The molecule has 1 unspecified atom stereocenters. The van der Waals surface area contributed by atoms with Gasteiger partial charge in [0.05, 0.1) is 0 Å². The Kier molecular flexibility index (Phi) is 6.23. The molecular formula is C15H26N2. The molecule has 0 saturated heterocycles. The molecule has 1 aromatic rings. The fourth-order valence-electron chi connectivity index (χ4n) is 2.31. The molecule has 0 aromatic heterocycles. The third-order valence-corrected chi connectivity index (χ3v) is 3.45. The molecule has 17 heavy (non-hydrogen) atoms. The van der Waals surface area contributed by atoms with Crippen LogP contribution in [0.5, 0.6) is 0 Å². The second-order valence-corrected chi connectivity index (χ2v) is 4.67. The highest BCUT2D eigenvalue weighted by Gasteiger charge is 2.12. The van der Waals surface area contributed by atoms with Gasteiger partial charge in [-0.3, -0.25) is 4.90 Å². The number of nitrogens with zero attached hydrogens (tertiary/aromatic N) is 1. The van der Waals surface area contributed by atoms with Crippen molar-refractivity contribution in [3.8, 4) is 0 Å². The SMILES string of the molecule is CCCC(C)N(CC)Cc1ccccc1CN. The van der Waals surface area contributed by atoms with E-state index in [1.165, 1.54) is 24.0 Å². The summed E-state index contributed by atoms with van der Waals surface area (Å²) >= 11 is 0. The topological polar surface area (TPSA) is 29.3 Å². The molecule has 1 rings (SSSR count). The minimum atomic E-state index is 0.635. The summed E-state index contributed by atoms with van der Waals surface area (Å²) in [5.74, 6) is 0. The average Bonchev–Trinajstić information content (AvgIpc) is 2.36. The Hall–Kier alpha value is -0.860. The summed E-state index contributed by atoms with van der Waals surface area (Å²) in [7, 11) is 0. The molecule has 0 amide bonds. The van der Waals surface area contributed by atoms with E-state index in [1.54, 1.807) is 0 Å². The number of rotatable bonds is 7. The molecule has 0 saturated carbocycles. The van der Waals surface area contributed by atoms with Crippen molar-refractivity contribution in [3.05, 3.63) is 35.4 Å². The van der Waals surface area contributed by atoms with E-state index in [9.17, 15) is 0 Å². The van der Waals surface area contributed by atoms with Gasteiger partial charge in [0.1, 0.15) is 0 Å². The van der Waals surface area contributed by atoms with Crippen LogP contribution in [0.2, 0.25) is 0 Å². The predicted molar refractivity (Wildman–Crippen MR) is 74.8 cm³/mol. The molecule has 2 heteroatoms. The minimum Gasteiger partial charge on any atom is -0.326 e. The van der Waals surface area contributed by atoms with Crippen LogP contribution in [0.15, 0.2) is 24.3 Å². The van der Waals surface area contributed by atoms with Gasteiger partial charge in [-0.05, 0) is 31.0 Å². The molecule has 2 nitrogen and oxygen atoms in total. The lowest BCUT2D eigenvalue weighted by Crippen LogP contribution is -2.32. The standard InChI is InChI=1S/C15H26N2/c1-4-8-13(3)17(5-2)12-15-10-7-6-9-14(15)11-16/h6-7,9-10,13H,4-5,8,11-12,16H2,1-3H3. The fraction of sp³-hybridized carbons (Fsp3) is 0.600. The Morgan fingerprint density at radius 3 is 2.35 bits per heavy atom. The van der Waals surface area contributed by atoms with Gasteiger partial charge in [-0.2, -0.15) is 0 Å². The third kappa shape index (κ3) is 4.14. The second-order valence-electron chi connectivity index (χ2n) is 4.67. The summed E-state index contributed by atoms with van der Waals surface area (Å²) in [5, 5.41) is 0. The van der Waals surface area contributed by atoms with Crippen molar-refractivity contribution in [1.29, 1.82) is 0 Å². The smallest absolute Gasteiger partial charge is 0.0239 e. The van der Waals surface area contributed by atoms with Crippen molar-refractivity contribution in [2.24, 2.45) is 5.73 Å². The molecule has 1 atom stereocenters. The monoisotopic (exact) mass is 234 g/mol. The van der Waals surface area contributed by atoms with Crippen LogP contribution in [0.25, 0.3) is 0 Å². The zero-order valence-corrected chi connectivity index (χ0v) is 11.4. The van der Waals surface area contributed by atoms with Crippen LogP contribution < -0.4 is 5.73 Å². The van der Waals surface area contributed by atoms with Gasteiger partial charge >= 0.3 is 0 Å². The Balaban J connectivity index is 2.73. The Morgan fingerprint density at radius 1 is 1.18 bits per heavy atom. The van der Waals surface area contributed by atoms with Gasteiger partial charge in [0.2, 0.25) is 0 Å². The van der Waals surface area contributed by atoms with Crippen molar-refractivity contribution in [3.63, 3.8) is 0 Å². The van der Waals surface area contributed by atoms with E-state index in [4.69, 9.17) is 5.73 Å². The van der Waals surface area contributed by atoms with Gasteiger partial charge in [-0.1, -0.05) is 44.5 Å². The van der Waals surface area contributed by atoms with E-state index in [-0.39, 0.29) is 0 Å². The van der Waals surface area contributed by atoms with Gasteiger partial charge in [0, 0.05) is 19.1 Å². The Morgan fingerprint density at radius 2 is 1.82 bits per heavy atom. The number of benzene rings is 1. The van der Waals surface area contributed by atoms with Crippen LogP contribution in [-0.4, -0.2) is 17.5 Å². The number of hydrogen-bond donors (Lipinski definition) is 1. The molecule has 0 fully saturated rings. The van der Waals surface area contributed by atoms with Crippen molar-refractivity contribution in [2.45, 2.75) is 52.7 Å². The minimum absolute atomic E-state index is 0.635. The maximum Gasteiger partial charge on any atom is 0.0239 e. The van der Waals surface area contributed by atoms with Crippen molar-refractivity contribution in [1.82, 2.24) is 4.90 Å². The van der Waals surface area contributed by atoms with Gasteiger partial charge in [0.25, 0.3) is 0 Å². The van der Waals surface area contributed by atoms with E-state index < -0.39 is 0 Å². The first-order valence-corrected chi connectivity index (χ1v) is 6.73. The lowest BCUT2D eigenvalue weighted by molar-refractivity contribution is 0.200. The highest BCUT2D eigenvalue weighted by Crippen LogP contribution is 2.15. The highest BCUT2D eigenvalue weighted by molar-refractivity contribution is 5.26. The molecule has 0 aliphatic rings. The van der Waals surface area contributed by atoms with Gasteiger partial charge < -0.3 is 5.73 Å². The summed E-state index contributed by atoms with van der Waals surface area (Å²) in [6, 6.07) is 9.15. The van der Waals surface area contributed by atoms with Crippen LogP contribution in [0.1, 0.15) is 44.7 Å². The first kappa shape index (κ1) is 14.2. The zero-order chi connectivity index (χ0) is 12.7. The molecule has 0 heterocycles. The lowest BCUT2D eigenvalue weighted by Gasteiger charge is -2.28. The zero-order valence-electron chi connectivity index (χ0n) is 11.4. The quantitative estimate of drug-likeness (QED) is 0.785. The van der Waals surface area contributed by atoms with Crippen LogP contribution in [0.4, 0.5) is 0 Å². The van der Waals surface area contributed by atoms with Gasteiger partial charge in [-0.15, -0.1) is 0 Å². The van der Waals surface area contributed by atoms with E-state index in [2.05, 4.69) is 49.9 Å². The average molecular weight is 234 g/mol. The maximum atomic E-state index is 5.78. The summed E-state index contributed by atoms with van der Waals surface area (Å²) in [6.45, 7) is 9.55. The molecule has 0 aliphatic heterocycles. The maximum absolute atomic E-state index is 5.78. The Labute approximate surface area is 106 Å². The van der Waals surface area contributed by atoms with Gasteiger partial charge in [0.15, 0.2) is 0 Å². The van der Waals surface area contributed by atoms with Crippen LogP contribution >= 0.6 is 0 Å². The highest BCUT2D eigenvalue weighted by atomic mass is 15.1. The normalized spacial score (nSPS) is 13.0. The molecule has 0 bridgehead atoms. The molecule has 1 aromatic carbocycles. The molecule has 0 spiro atoms. The molecular weight excluding hydrogens is 208 g/mol. The van der Waals surface area contributed by atoms with E-state index in [1.807, 2.05) is 0 Å². The molecule has 0 aliphatic carbocycles. The second kappa shape index (κ2) is 7.46. The van der Waals surface area contributed by atoms with E-state index >= 15 is 0 Å². The Bertz CT molecular complexity index is 322. The van der Waals surface area contributed by atoms with E-state index in [0.29, 0.717) is 12.6 Å².